The highest BCUT2D eigenvalue weighted by Crippen LogP contribution is 2.27. The Bertz CT molecular complexity index is 1190. The summed E-state index contributed by atoms with van der Waals surface area (Å²) in [5.74, 6) is 0.930. The molecule has 2 aromatic heterocycles. The summed E-state index contributed by atoms with van der Waals surface area (Å²) in [7, 11) is 1.54. The molecule has 0 spiro atoms. The van der Waals surface area contributed by atoms with Crippen LogP contribution in [0.2, 0.25) is 5.02 Å². The predicted molar refractivity (Wildman–Crippen MR) is 110 cm³/mol. The number of aromatic nitrogens is 3. The quantitative estimate of drug-likeness (QED) is 0.549. The van der Waals surface area contributed by atoms with E-state index < -0.39 is 0 Å². The minimum absolute atomic E-state index is 0.272. The van der Waals surface area contributed by atoms with Crippen LogP contribution in [0, 0.1) is 6.92 Å². The summed E-state index contributed by atoms with van der Waals surface area (Å²) in [4.78, 5) is 17.3. The number of hydrogen-bond acceptors (Lipinski definition) is 4. The lowest BCUT2D eigenvalue weighted by Gasteiger charge is -2.08. The molecule has 2 aromatic carbocycles. The maximum atomic E-state index is 12.7. The average molecular weight is 393 g/mol. The number of para-hydroxylation sites is 1. The van der Waals surface area contributed by atoms with Gasteiger partial charge < -0.3 is 10.1 Å². The summed E-state index contributed by atoms with van der Waals surface area (Å²) in [6, 6.07) is 16.8. The van der Waals surface area contributed by atoms with E-state index in [4.69, 9.17) is 16.3 Å². The van der Waals surface area contributed by atoms with Crippen molar-refractivity contribution in [2.45, 2.75) is 6.92 Å². The largest absolute Gasteiger partial charge is 0.495 e. The lowest BCUT2D eigenvalue weighted by Crippen LogP contribution is -2.13. The molecule has 6 nitrogen and oxygen atoms in total. The molecule has 0 unspecified atom stereocenters. The van der Waals surface area contributed by atoms with Gasteiger partial charge in [0.1, 0.15) is 5.75 Å². The second-order valence-electron chi connectivity index (χ2n) is 6.22. The van der Waals surface area contributed by atoms with Crippen molar-refractivity contribution < 1.29 is 9.53 Å². The monoisotopic (exact) mass is 392 g/mol. The number of hydrogen-bond donors (Lipinski definition) is 1. The Balaban J connectivity index is 1.62. The van der Waals surface area contributed by atoms with E-state index in [2.05, 4.69) is 15.4 Å². The Morgan fingerprint density at radius 1 is 1.14 bits per heavy atom. The van der Waals surface area contributed by atoms with Crippen LogP contribution in [0.5, 0.6) is 5.75 Å². The van der Waals surface area contributed by atoms with Gasteiger partial charge in [0.15, 0.2) is 5.82 Å². The van der Waals surface area contributed by atoms with Crippen molar-refractivity contribution in [2.75, 3.05) is 12.4 Å². The lowest BCUT2D eigenvalue weighted by molar-refractivity contribution is 0.102. The molecule has 0 fully saturated rings. The zero-order valence-electron chi connectivity index (χ0n) is 15.3. The number of benzene rings is 2. The fraction of sp³-hybridized carbons (Fsp3) is 0.0952. The molecular weight excluding hydrogens is 376 g/mol. The van der Waals surface area contributed by atoms with Crippen molar-refractivity contribution in [1.29, 1.82) is 0 Å². The highest BCUT2D eigenvalue weighted by Gasteiger charge is 2.16. The van der Waals surface area contributed by atoms with Gasteiger partial charge in [0.25, 0.3) is 5.91 Å². The topological polar surface area (TPSA) is 69.0 Å². The molecule has 0 radical (unpaired) electrons. The summed E-state index contributed by atoms with van der Waals surface area (Å²) >= 11 is 6.12. The number of rotatable bonds is 4. The zero-order valence-corrected chi connectivity index (χ0v) is 16.1. The van der Waals surface area contributed by atoms with E-state index >= 15 is 0 Å². The number of methoxy groups -OCH3 is 1. The van der Waals surface area contributed by atoms with E-state index in [0.717, 1.165) is 10.9 Å². The van der Waals surface area contributed by atoms with Gasteiger partial charge in [0, 0.05) is 11.1 Å². The summed E-state index contributed by atoms with van der Waals surface area (Å²) in [6.45, 7) is 1.83. The van der Waals surface area contributed by atoms with Gasteiger partial charge in [-0.3, -0.25) is 4.79 Å². The molecule has 28 heavy (non-hydrogen) atoms. The summed E-state index contributed by atoms with van der Waals surface area (Å²) in [5.41, 5.74) is 2.60. The lowest BCUT2D eigenvalue weighted by atomic mass is 10.2. The van der Waals surface area contributed by atoms with Crippen LogP contribution >= 0.6 is 11.6 Å². The molecule has 7 heteroatoms. The fourth-order valence-corrected chi connectivity index (χ4v) is 3.24. The Kier molecular flexibility index (Phi) is 4.71. The van der Waals surface area contributed by atoms with E-state index in [0.29, 0.717) is 33.5 Å². The molecule has 4 aromatic rings. The highest BCUT2D eigenvalue weighted by molar-refractivity contribution is 6.32. The van der Waals surface area contributed by atoms with Crippen LogP contribution in [0.15, 0.2) is 60.8 Å². The molecule has 1 N–H and O–H groups in total. The van der Waals surface area contributed by atoms with Crippen LogP contribution in [0.25, 0.3) is 16.7 Å². The number of pyridine rings is 1. The SMILES string of the molecule is COc1ccc(NC(=O)c2cnn(-c3ccc4ccccc4n3)c2C)cc1Cl. The molecule has 1 amide bonds. The first-order chi connectivity index (χ1) is 13.6. The third kappa shape index (κ3) is 3.30. The molecule has 0 atom stereocenters. The standard InChI is InChI=1S/C21H17ClN4O2/c1-13-16(21(27)24-15-8-9-19(28-2)17(22)11-15)12-23-26(13)20-10-7-14-5-3-4-6-18(14)25-20/h3-12H,1-2H3,(H,24,27). The number of carbonyl (C=O) groups is 1. The minimum atomic E-state index is -0.272. The van der Waals surface area contributed by atoms with E-state index in [1.54, 1.807) is 22.9 Å². The number of nitrogens with zero attached hydrogens (tertiary/aromatic N) is 3. The van der Waals surface area contributed by atoms with E-state index in [9.17, 15) is 4.79 Å². The van der Waals surface area contributed by atoms with Crippen molar-refractivity contribution in [1.82, 2.24) is 14.8 Å². The molecule has 0 aliphatic carbocycles. The Labute approximate surface area is 166 Å². The smallest absolute Gasteiger partial charge is 0.259 e. The second kappa shape index (κ2) is 7.32. The normalized spacial score (nSPS) is 10.8. The van der Waals surface area contributed by atoms with Gasteiger partial charge in [0.05, 0.1) is 35.1 Å². The van der Waals surface area contributed by atoms with E-state index in [1.807, 2.05) is 43.3 Å². The van der Waals surface area contributed by atoms with Crippen LogP contribution in [-0.4, -0.2) is 27.8 Å². The van der Waals surface area contributed by atoms with Crippen LogP contribution in [0.4, 0.5) is 5.69 Å². The molecule has 4 rings (SSSR count). The molecule has 0 aliphatic rings. The number of ether oxygens (including phenoxy) is 1. The van der Waals surface area contributed by atoms with Crippen molar-refractivity contribution in [3.63, 3.8) is 0 Å². The van der Waals surface area contributed by atoms with Crippen LogP contribution < -0.4 is 10.1 Å². The number of anilines is 1. The molecule has 0 bridgehead atoms. The first-order valence-electron chi connectivity index (χ1n) is 8.62. The van der Waals surface area contributed by atoms with Crippen LogP contribution in [0.3, 0.4) is 0 Å². The maximum Gasteiger partial charge on any atom is 0.259 e. The Morgan fingerprint density at radius 2 is 1.96 bits per heavy atom. The second-order valence-corrected chi connectivity index (χ2v) is 6.63. The first-order valence-corrected chi connectivity index (χ1v) is 9.00. The van der Waals surface area contributed by atoms with Gasteiger partial charge in [-0.2, -0.15) is 5.10 Å². The van der Waals surface area contributed by atoms with Gasteiger partial charge in [-0.05, 0) is 43.3 Å². The molecule has 140 valence electrons. The number of amides is 1. The first kappa shape index (κ1) is 18.0. The number of carbonyl (C=O) groups excluding carboxylic acids is 1. The average Bonchev–Trinajstić information content (AvgIpc) is 3.09. The van der Waals surface area contributed by atoms with Crippen molar-refractivity contribution in [2.24, 2.45) is 0 Å². The Hall–Kier alpha value is -3.38. The zero-order chi connectivity index (χ0) is 19.7. The van der Waals surface area contributed by atoms with Crippen molar-refractivity contribution in [3.05, 3.63) is 77.1 Å². The van der Waals surface area contributed by atoms with Gasteiger partial charge in [-0.25, -0.2) is 9.67 Å². The van der Waals surface area contributed by atoms with Crippen LogP contribution in [0.1, 0.15) is 16.1 Å². The van der Waals surface area contributed by atoms with Crippen molar-refractivity contribution >= 4 is 34.1 Å². The summed E-state index contributed by atoms with van der Waals surface area (Å²) in [5, 5.41) is 8.65. The molecular formula is C21H17ClN4O2. The number of fused-ring (bicyclic) bond motifs is 1. The molecule has 0 aliphatic heterocycles. The predicted octanol–water partition coefficient (Wildman–Crippen LogP) is 4.64. The Morgan fingerprint density at radius 3 is 2.75 bits per heavy atom. The maximum absolute atomic E-state index is 12.7. The van der Waals surface area contributed by atoms with E-state index in [-0.39, 0.29) is 5.91 Å². The number of nitrogens with one attached hydrogen (secondary N) is 1. The van der Waals surface area contributed by atoms with Gasteiger partial charge >= 0.3 is 0 Å². The third-order valence-electron chi connectivity index (χ3n) is 4.46. The van der Waals surface area contributed by atoms with Crippen molar-refractivity contribution in [3.8, 4) is 11.6 Å². The molecule has 0 saturated carbocycles. The van der Waals surface area contributed by atoms with Crippen LogP contribution in [-0.2, 0) is 0 Å². The highest BCUT2D eigenvalue weighted by atomic mass is 35.5. The minimum Gasteiger partial charge on any atom is -0.495 e. The van der Waals surface area contributed by atoms with Gasteiger partial charge in [0.2, 0.25) is 0 Å². The molecule has 2 heterocycles. The summed E-state index contributed by atoms with van der Waals surface area (Å²) in [6.07, 6.45) is 1.53. The molecule has 0 saturated heterocycles. The summed E-state index contributed by atoms with van der Waals surface area (Å²) < 4.78 is 6.78. The van der Waals surface area contributed by atoms with Gasteiger partial charge in [-0.15, -0.1) is 0 Å². The third-order valence-corrected chi connectivity index (χ3v) is 4.76. The fourth-order valence-electron chi connectivity index (χ4n) is 2.98. The van der Waals surface area contributed by atoms with Gasteiger partial charge in [-0.1, -0.05) is 29.8 Å². The van der Waals surface area contributed by atoms with E-state index in [1.165, 1.54) is 13.3 Å². The number of halogens is 1.